The molecule has 1 unspecified atom stereocenters. The van der Waals surface area contributed by atoms with Gasteiger partial charge in [0.1, 0.15) is 11.4 Å². The summed E-state index contributed by atoms with van der Waals surface area (Å²) in [6.07, 6.45) is 0.543. The van der Waals surface area contributed by atoms with Crippen molar-refractivity contribution in [2.24, 2.45) is 5.10 Å². The van der Waals surface area contributed by atoms with Crippen LogP contribution in [0.25, 0.3) is 11.0 Å². The number of benzene rings is 3. The summed E-state index contributed by atoms with van der Waals surface area (Å²) in [7, 11) is 0. The molecule has 0 bridgehead atoms. The Hall–Kier alpha value is -3.73. The van der Waals surface area contributed by atoms with E-state index in [4.69, 9.17) is 4.42 Å². The number of nitrogens with zero attached hydrogens (tertiary/aromatic N) is 2. The first-order valence-electron chi connectivity index (χ1n) is 9.39. The second-order valence-electron chi connectivity index (χ2n) is 6.98. The van der Waals surface area contributed by atoms with Crippen LogP contribution in [0.3, 0.4) is 0 Å². The van der Waals surface area contributed by atoms with Gasteiger partial charge < -0.3 is 4.42 Å². The summed E-state index contributed by atoms with van der Waals surface area (Å²) in [5.74, 6) is -0.356. The van der Waals surface area contributed by atoms with Gasteiger partial charge in [-0.25, -0.2) is 9.40 Å². The van der Waals surface area contributed by atoms with Crippen molar-refractivity contribution in [3.05, 3.63) is 108 Å². The molecule has 5 heteroatoms. The molecule has 0 N–H and O–H groups in total. The van der Waals surface area contributed by atoms with Gasteiger partial charge in [0, 0.05) is 11.8 Å². The Kier molecular flexibility index (Phi) is 4.21. The van der Waals surface area contributed by atoms with Crippen LogP contribution >= 0.6 is 0 Å². The zero-order valence-electron chi connectivity index (χ0n) is 15.5. The highest BCUT2D eigenvalue weighted by atomic mass is 19.1. The van der Waals surface area contributed by atoms with Crippen LogP contribution in [0.4, 0.5) is 4.39 Å². The van der Waals surface area contributed by atoms with E-state index in [1.165, 1.54) is 17.1 Å². The summed E-state index contributed by atoms with van der Waals surface area (Å²) < 4.78 is 19.1. The van der Waals surface area contributed by atoms with Crippen LogP contribution in [0, 0.1) is 5.82 Å². The number of amides is 1. The van der Waals surface area contributed by atoms with E-state index >= 15 is 0 Å². The lowest BCUT2D eigenvalue weighted by molar-refractivity contribution is 0.0681. The molecule has 1 aliphatic rings. The number of fused-ring (bicyclic) bond motifs is 1. The van der Waals surface area contributed by atoms with Crippen molar-refractivity contribution in [3.63, 3.8) is 0 Å². The zero-order chi connectivity index (χ0) is 19.8. The van der Waals surface area contributed by atoms with E-state index in [0.717, 1.165) is 22.2 Å². The summed E-state index contributed by atoms with van der Waals surface area (Å²) in [5.41, 5.74) is 3.18. The minimum absolute atomic E-state index is 0.247. The Morgan fingerprint density at radius 3 is 2.45 bits per heavy atom. The van der Waals surface area contributed by atoms with Gasteiger partial charge in [0.2, 0.25) is 0 Å². The van der Waals surface area contributed by atoms with Gasteiger partial charge in [-0.2, -0.15) is 5.10 Å². The second-order valence-corrected chi connectivity index (χ2v) is 6.98. The van der Waals surface area contributed by atoms with E-state index in [-0.39, 0.29) is 23.5 Å². The number of furan rings is 1. The van der Waals surface area contributed by atoms with E-state index in [1.807, 2.05) is 54.6 Å². The highest BCUT2D eigenvalue weighted by molar-refractivity contribution is 6.05. The van der Waals surface area contributed by atoms with Crippen LogP contribution in [0.2, 0.25) is 0 Å². The number of carbonyl (C=O) groups is 1. The van der Waals surface area contributed by atoms with Gasteiger partial charge in [0.15, 0.2) is 5.76 Å². The molecule has 29 heavy (non-hydrogen) atoms. The van der Waals surface area contributed by atoms with Gasteiger partial charge in [-0.1, -0.05) is 60.7 Å². The predicted molar refractivity (Wildman–Crippen MR) is 109 cm³/mol. The Balaban J connectivity index is 1.55. The molecule has 2 heterocycles. The smallest absolute Gasteiger partial charge is 0.310 e. The molecular formula is C24H17FN2O2. The Morgan fingerprint density at radius 2 is 1.69 bits per heavy atom. The lowest BCUT2D eigenvalue weighted by Crippen LogP contribution is -2.26. The molecule has 0 radical (unpaired) electrons. The summed E-state index contributed by atoms with van der Waals surface area (Å²) in [6, 6.07) is 24.9. The maximum Gasteiger partial charge on any atom is 0.310 e. The van der Waals surface area contributed by atoms with Gasteiger partial charge in [0.05, 0.1) is 11.8 Å². The largest absolute Gasteiger partial charge is 0.451 e. The molecule has 3 aromatic carbocycles. The van der Waals surface area contributed by atoms with Crippen molar-refractivity contribution in [2.45, 2.75) is 12.5 Å². The first kappa shape index (κ1) is 17.4. The number of hydrogen-bond donors (Lipinski definition) is 0. The number of carbonyl (C=O) groups excluding carboxylic acids is 1. The first-order chi connectivity index (χ1) is 14.2. The van der Waals surface area contributed by atoms with Gasteiger partial charge in [-0.3, -0.25) is 4.79 Å². The van der Waals surface area contributed by atoms with E-state index < -0.39 is 0 Å². The maximum atomic E-state index is 13.3. The normalized spacial score (nSPS) is 16.2. The zero-order valence-corrected chi connectivity index (χ0v) is 15.5. The van der Waals surface area contributed by atoms with Crippen LogP contribution in [0.15, 0.2) is 94.4 Å². The van der Waals surface area contributed by atoms with Crippen LogP contribution in [0.5, 0.6) is 0 Å². The molecule has 1 amide bonds. The van der Waals surface area contributed by atoms with Crippen LogP contribution in [-0.2, 0) is 0 Å². The minimum Gasteiger partial charge on any atom is -0.451 e. The highest BCUT2D eigenvalue weighted by Gasteiger charge is 2.35. The number of halogens is 1. The Labute approximate surface area is 166 Å². The quantitative estimate of drug-likeness (QED) is 0.464. The second kappa shape index (κ2) is 7.02. The SMILES string of the molecule is O=C(c1cc2ccccc2o1)N1N=C(c2ccc(F)cc2)CC1c1ccccc1. The molecule has 1 aliphatic heterocycles. The molecule has 1 atom stereocenters. The number of para-hydroxylation sites is 1. The lowest BCUT2D eigenvalue weighted by Gasteiger charge is -2.21. The molecule has 0 fully saturated rings. The molecule has 0 saturated carbocycles. The fourth-order valence-corrected chi connectivity index (χ4v) is 3.65. The third kappa shape index (κ3) is 3.21. The monoisotopic (exact) mass is 384 g/mol. The molecular weight excluding hydrogens is 367 g/mol. The number of hydrazone groups is 1. The fourth-order valence-electron chi connectivity index (χ4n) is 3.65. The fraction of sp³-hybridized carbons (Fsp3) is 0.0833. The predicted octanol–water partition coefficient (Wildman–Crippen LogP) is 5.56. The van der Waals surface area contributed by atoms with Crippen molar-refractivity contribution in [3.8, 4) is 0 Å². The van der Waals surface area contributed by atoms with Crippen LogP contribution in [-0.4, -0.2) is 16.6 Å². The third-order valence-corrected chi connectivity index (χ3v) is 5.12. The summed E-state index contributed by atoms with van der Waals surface area (Å²) >= 11 is 0. The third-order valence-electron chi connectivity index (χ3n) is 5.12. The van der Waals surface area contributed by atoms with Crippen molar-refractivity contribution >= 4 is 22.6 Å². The van der Waals surface area contributed by atoms with Crippen molar-refractivity contribution in [1.29, 1.82) is 0 Å². The Bertz CT molecular complexity index is 1180. The Morgan fingerprint density at radius 1 is 0.966 bits per heavy atom. The molecule has 4 aromatic rings. The van der Waals surface area contributed by atoms with Crippen LogP contribution in [0.1, 0.15) is 34.1 Å². The molecule has 0 aliphatic carbocycles. The molecule has 5 rings (SSSR count). The molecule has 142 valence electrons. The summed E-state index contributed by atoms with van der Waals surface area (Å²) in [6.45, 7) is 0. The van der Waals surface area contributed by atoms with Gasteiger partial charge >= 0.3 is 5.91 Å². The average Bonchev–Trinajstić information content (AvgIpc) is 3.39. The van der Waals surface area contributed by atoms with Crippen molar-refractivity contribution in [1.82, 2.24) is 5.01 Å². The first-order valence-corrected chi connectivity index (χ1v) is 9.39. The van der Waals surface area contributed by atoms with Gasteiger partial charge in [-0.05, 0) is 35.4 Å². The average molecular weight is 384 g/mol. The number of hydrogen-bond acceptors (Lipinski definition) is 3. The van der Waals surface area contributed by atoms with E-state index in [1.54, 1.807) is 18.2 Å². The topological polar surface area (TPSA) is 45.8 Å². The van der Waals surface area contributed by atoms with E-state index in [9.17, 15) is 9.18 Å². The highest BCUT2D eigenvalue weighted by Crippen LogP contribution is 2.34. The van der Waals surface area contributed by atoms with Gasteiger partial charge in [-0.15, -0.1) is 0 Å². The number of rotatable bonds is 3. The molecule has 4 nitrogen and oxygen atoms in total. The van der Waals surface area contributed by atoms with E-state index in [0.29, 0.717) is 12.0 Å². The van der Waals surface area contributed by atoms with Crippen molar-refractivity contribution in [2.75, 3.05) is 0 Å². The molecule has 1 aromatic heterocycles. The van der Waals surface area contributed by atoms with E-state index in [2.05, 4.69) is 5.10 Å². The molecule has 0 saturated heterocycles. The summed E-state index contributed by atoms with van der Waals surface area (Å²) in [5, 5.41) is 6.96. The van der Waals surface area contributed by atoms with Crippen molar-refractivity contribution < 1.29 is 13.6 Å². The van der Waals surface area contributed by atoms with Crippen LogP contribution < -0.4 is 0 Å². The summed E-state index contributed by atoms with van der Waals surface area (Å²) in [4.78, 5) is 13.3. The van der Waals surface area contributed by atoms with Gasteiger partial charge in [0.25, 0.3) is 0 Å². The lowest BCUT2D eigenvalue weighted by atomic mass is 9.98. The maximum absolute atomic E-state index is 13.3. The molecule has 0 spiro atoms. The minimum atomic E-state index is -0.304. The standard InChI is InChI=1S/C24H17FN2O2/c25-19-12-10-16(11-13-19)20-15-21(17-6-2-1-3-7-17)27(26-20)24(28)23-14-18-8-4-5-9-22(18)29-23/h1-14,21H,15H2.